The summed E-state index contributed by atoms with van der Waals surface area (Å²) in [4.78, 5) is 23.0. The van der Waals surface area contributed by atoms with Crippen molar-refractivity contribution in [2.24, 2.45) is 0 Å². The Hall–Kier alpha value is -3.70. The van der Waals surface area contributed by atoms with Gasteiger partial charge < -0.3 is 9.05 Å². The quantitative estimate of drug-likeness (QED) is 0.194. The second-order valence-electron chi connectivity index (χ2n) is 6.24. The van der Waals surface area contributed by atoms with Crippen LogP contribution in [0.5, 0.6) is 11.5 Å². The first-order valence-corrected chi connectivity index (χ1v) is 10.5. The summed E-state index contributed by atoms with van der Waals surface area (Å²) < 4.78 is 25.2. The van der Waals surface area contributed by atoms with Gasteiger partial charge in [-0.2, -0.15) is 0 Å². The maximum Gasteiger partial charge on any atom is 0.466 e. The summed E-state index contributed by atoms with van der Waals surface area (Å²) in [5.74, 6) is -0.0392. The number of allylic oxidation sites excluding steroid dienone is 1. The molecule has 0 saturated carbocycles. The number of non-ortho nitro benzene ring substituents is 1. The van der Waals surface area contributed by atoms with Crippen LogP contribution in [0.1, 0.15) is 12.5 Å². The first-order chi connectivity index (χ1) is 14.4. The van der Waals surface area contributed by atoms with Crippen molar-refractivity contribution in [2.45, 2.75) is 6.92 Å². The SMILES string of the molecule is CC(=O)/C(=C\c1cccc([N+](=O)[O-])c1)P(=O)(Oc1ccccc1)Oc1ccccc1. The third-order valence-electron chi connectivity index (χ3n) is 3.98. The fourth-order valence-corrected chi connectivity index (χ4v) is 4.34. The largest absolute Gasteiger partial charge is 0.466 e. The molecule has 8 heteroatoms. The van der Waals surface area contributed by atoms with E-state index >= 15 is 0 Å². The van der Waals surface area contributed by atoms with Crippen LogP contribution < -0.4 is 9.05 Å². The molecule has 0 heterocycles. The van der Waals surface area contributed by atoms with Crippen LogP contribution in [0, 0.1) is 10.1 Å². The number of nitrogens with zero attached hydrogens (tertiary/aromatic N) is 1. The Morgan fingerprint density at radius 1 is 0.900 bits per heavy atom. The van der Waals surface area contributed by atoms with Crippen LogP contribution in [0.15, 0.2) is 90.2 Å². The zero-order chi connectivity index (χ0) is 21.6. The second-order valence-corrected chi connectivity index (χ2v) is 8.09. The van der Waals surface area contributed by atoms with Crippen LogP contribution in [-0.2, 0) is 9.36 Å². The first kappa shape index (κ1) is 21.0. The maximum atomic E-state index is 13.8. The molecule has 0 radical (unpaired) electrons. The van der Waals surface area contributed by atoms with E-state index in [0.29, 0.717) is 5.56 Å². The van der Waals surface area contributed by atoms with Gasteiger partial charge in [0.2, 0.25) is 0 Å². The summed E-state index contributed by atoms with van der Waals surface area (Å²) >= 11 is 0. The molecule has 3 aromatic rings. The summed E-state index contributed by atoms with van der Waals surface area (Å²) in [7, 11) is -4.19. The van der Waals surface area contributed by atoms with Crippen molar-refractivity contribution in [3.63, 3.8) is 0 Å². The molecular formula is C22H18NO6P. The van der Waals surface area contributed by atoms with Gasteiger partial charge in [0.25, 0.3) is 5.69 Å². The third-order valence-corrected chi connectivity index (χ3v) is 5.91. The normalized spacial score (nSPS) is 11.6. The van der Waals surface area contributed by atoms with E-state index in [2.05, 4.69) is 0 Å². The topological polar surface area (TPSA) is 95.7 Å². The number of hydrogen-bond donors (Lipinski definition) is 0. The van der Waals surface area contributed by atoms with Crippen molar-refractivity contribution in [3.05, 3.63) is 106 Å². The standard InChI is InChI=1S/C22H18NO6P/c1-17(24)22(16-18-9-8-10-19(15-18)23(25)26)30(27,28-20-11-4-2-5-12-20)29-21-13-6-3-7-14-21/h2-16H,1H3/b22-16+. The molecule has 0 atom stereocenters. The van der Waals surface area contributed by atoms with Crippen molar-refractivity contribution in [1.82, 2.24) is 0 Å². The highest BCUT2D eigenvalue weighted by Gasteiger charge is 2.37. The number of carbonyl (C=O) groups is 1. The van der Waals surface area contributed by atoms with E-state index in [4.69, 9.17) is 9.05 Å². The van der Waals surface area contributed by atoms with Crippen molar-refractivity contribution in [1.29, 1.82) is 0 Å². The number of hydrogen-bond acceptors (Lipinski definition) is 6. The zero-order valence-corrected chi connectivity index (χ0v) is 16.9. The van der Waals surface area contributed by atoms with Gasteiger partial charge in [0.15, 0.2) is 5.78 Å². The molecule has 7 nitrogen and oxygen atoms in total. The molecule has 0 aliphatic carbocycles. The molecule has 0 bridgehead atoms. The predicted octanol–water partition coefficient (Wildman–Crippen LogP) is 5.88. The molecule has 0 fully saturated rings. The van der Waals surface area contributed by atoms with E-state index in [1.165, 1.54) is 31.2 Å². The fraction of sp³-hybridized carbons (Fsp3) is 0.0455. The van der Waals surface area contributed by atoms with Gasteiger partial charge >= 0.3 is 7.60 Å². The Morgan fingerprint density at radius 3 is 1.90 bits per heavy atom. The molecule has 0 saturated heterocycles. The van der Waals surface area contributed by atoms with Gasteiger partial charge in [0.1, 0.15) is 16.8 Å². The highest BCUT2D eigenvalue weighted by atomic mass is 31.2. The number of nitro benzene ring substituents is 1. The van der Waals surface area contributed by atoms with Crippen molar-refractivity contribution >= 4 is 25.1 Å². The Bertz CT molecular complexity index is 1080. The van der Waals surface area contributed by atoms with E-state index in [1.54, 1.807) is 66.7 Å². The van der Waals surface area contributed by atoms with Crippen molar-refractivity contribution in [3.8, 4) is 11.5 Å². The summed E-state index contributed by atoms with van der Waals surface area (Å²) in [6.07, 6.45) is 1.29. The minimum atomic E-state index is -4.19. The van der Waals surface area contributed by atoms with Crippen LogP contribution in [0.4, 0.5) is 5.69 Å². The Balaban J connectivity index is 2.10. The van der Waals surface area contributed by atoms with Crippen molar-refractivity contribution < 1.29 is 23.3 Å². The maximum absolute atomic E-state index is 13.8. The van der Waals surface area contributed by atoms with E-state index < -0.39 is 18.3 Å². The lowest BCUT2D eigenvalue weighted by Gasteiger charge is -2.21. The molecule has 30 heavy (non-hydrogen) atoms. The van der Waals surface area contributed by atoms with Gasteiger partial charge in [-0.05, 0) is 42.8 Å². The lowest BCUT2D eigenvalue weighted by atomic mass is 10.2. The summed E-state index contributed by atoms with van der Waals surface area (Å²) in [6, 6.07) is 22.3. The highest BCUT2D eigenvalue weighted by Crippen LogP contribution is 2.56. The molecule has 0 spiro atoms. The van der Waals surface area contributed by atoms with Gasteiger partial charge in [-0.1, -0.05) is 48.5 Å². The average molecular weight is 423 g/mol. The fourth-order valence-electron chi connectivity index (χ4n) is 2.62. The molecule has 0 amide bonds. The van der Waals surface area contributed by atoms with Gasteiger partial charge in [-0.25, -0.2) is 4.57 Å². The number of carbonyl (C=O) groups excluding carboxylic acids is 1. The molecule has 3 aromatic carbocycles. The van der Waals surface area contributed by atoms with Crippen LogP contribution in [0.2, 0.25) is 0 Å². The number of ketones is 1. The van der Waals surface area contributed by atoms with Crippen LogP contribution >= 0.6 is 7.60 Å². The minimum absolute atomic E-state index is 0.158. The Labute approximate surface area is 173 Å². The smallest absolute Gasteiger partial charge is 0.413 e. The summed E-state index contributed by atoms with van der Waals surface area (Å²) in [6.45, 7) is 1.23. The molecule has 0 aliphatic rings. The van der Waals surface area contributed by atoms with E-state index in [9.17, 15) is 19.5 Å². The molecule has 3 rings (SSSR count). The number of rotatable bonds is 8. The molecule has 0 aromatic heterocycles. The molecule has 0 aliphatic heterocycles. The highest BCUT2D eigenvalue weighted by molar-refractivity contribution is 7.61. The molecule has 152 valence electrons. The average Bonchev–Trinajstić information content (AvgIpc) is 2.73. The molecular weight excluding hydrogens is 405 g/mol. The van der Waals surface area contributed by atoms with E-state index in [0.717, 1.165) is 0 Å². The van der Waals surface area contributed by atoms with Crippen LogP contribution in [0.3, 0.4) is 0 Å². The van der Waals surface area contributed by atoms with Gasteiger partial charge in [-0.3, -0.25) is 14.9 Å². The van der Waals surface area contributed by atoms with Crippen LogP contribution in [0.25, 0.3) is 6.08 Å². The van der Waals surface area contributed by atoms with Gasteiger partial charge in [-0.15, -0.1) is 0 Å². The number of benzene rings is 3. The van der Waals surface area contributed by atoms with Gasteiger partial charge in [0.05, 0.1) is 4.92 Å². The van der Waals surface area contributed by atoms with Crippen molar-refractivity contribution in [2.75, 3.05) is 0 Å². The Kier molecular flexibility index (Phi) is 6.45. The lowest BCUT2D eigenvalue weighted by molar-refractivity contribution is -0.384. The predicted molar refractivity (Wildman–Crippen MR) is 114 cm³/mol. The zero-order valence-electron chi connectivity index (χ0n) is 16.0. The lowest BCUT2D eigenvalue weighted by Crippen LogP contribution is -2.09. The van der Waals surface area contributed by atoms with E-state index in [-0.39, 0.29) is 22.5 Å². The minimum Gasteiger partial charge on any atom is -0.413 e. The molecule has 0 unspecified atom stereocenters. The number of nitro groups is 1. The van der Waals surface area contributed by atoms with E-state index in [1.807, 2.05) is 0 Å². The molecule has 0 N–H and O–H groups in total. The number of Topliss-reactive ketones (excluding diaryl/α,β-unsaturated/α-hetero) is 1. The van der Waals surface area contributed by atoms with Gasteiger partial charge in [0, 0.05) is 12.1 Å². The second kappa shape index (κ2) is 9.20. The third kappa shape index (κ3) is 5.21. The first-order valence-electron chi connectivity index (χ1n) is 8.94. The summed E-state index contributed by atoms with van der Waals surface area (Å²) in [5.41, 5.74) is 0.164. The monoisotopic (exact) mass is 423 g/mol. The Morgan fingerprint density at radius 2 is 1.43 bits per heavy atom. The van der Waals surface area contributed by atoms with Crippen LogP contribution in [-0.4, -0.2) is 10.7 Å². The number of para-hydroxylation sites is 2. The summed E-state index contributed by atoms with van der Waals surface area (Å²) in [5, 5.41) is 10.8.